The molecule has 0 aliphatic heterocycles. The Balaban J connectivity index is 1.85. The van der Waals surface area contributed by atoms with Gasteiger partial charge in [-0.05, 0) is 48.6 Å². The largest absolute Gasteiger partial charge is 0.350 e. The molecule has 0 radical (unpaired) electrons. The topological polar surface area (TPSA) is 87.7 Å². The first-order chi connectivity index (χ1) is 13.5. The highest BCUT2D eigenvalue weighted by Crippen LogP contribution is 2.31. The molecule has 0 spiro atoms. The molecule has 28 heavy (non-hydrogen) atoms. The highest BCUT2D eigenvalue weighted by atomic mass is 35.5. The van der Waals surface area contributed by atoms with Crippen LogP contribution in [0.15, 0.2) is 56.8 Å². The van der Waals surface area contributed by atoms with Gasteiger partial charge in [-0.15, -0.1) is 0 Å². The number of hydrogen-bond donors (Lipinski definition) is 2. The maximum atomic E-state index is 13.3. The SMILES string of the molecule is O=c1[nH]n(C2CCCc3ccccc32)c(=O)c2c(=O)c3ccc(Cl)cc3[nH]c12. The van der Waals surface area contributed by atoms with Crippen LogP contribution in [-0.4, -0.2) is 14.8 Å². The smallest absolute Gasteiger partial charge is 0.287 e. The molecule has 1 atom stereocenters. The molecular formula is C21H16ClN3O3. The molecule has 1 unspecified atom stereocenters. The normalized spacial score (nSPS) is 16.4. The fraction of sp³-hybridized carbons (Fsp3) is 0.190. The van der Waals surface area contributed by atoms with Crippen LogP contribution in [0.2, 0.25) is 5.02 Å². The first kappa shape index (κ1) is 17.0. The van der Waals surface area contributed by atoms with E-state index in [4.69, 9.17) is 11.6 Å². The average Bonchev–Trinajstić information content (AvgIpc) is 2.70. The Morgan fingerprint density at radius 2 is 1.89 bits per heavy atom. The van der Waals surface area contributed by atoms with E-state index < -0.39 is 16.5 Å². The summed E-state index contributed by atoms with van der Waals surface area (Å²) in [6.45, 7) is 0. The van der Waals surface area contributed by atoms with E-state index in [1.54, 1.807) is 18.2 Å². The third kappa shape index (κ3) is 2.45. The van der Waals surface area contributed by atoms with E-state index in [2.05, 4.69) is 10.1 Å². The average molecular weight is 394 g/mol. The molecule has 5 rings (SSSR count). The third-order valence-electron chi connectivity index (χ3n) is 5.49. The molecule has 4 aromatic rings. The van der Waals surface area contributed by atoms with E-state index in [0.717, 1.165) is 30.4 Å². The summed E-state index contributed by atoms with van der Waals surface area (Å²) < 4.78 is 1.32. The summed E-state index contributed by atoms with van der Waals surface area (Å²) in [5.41, 5.74) is 1.12. The van der Waals surface area contributed by atoms with Gasteiger partial charge in [0, 0.05) is 10.4 Å². The summed E-state index contributed by atoms with van der Waals surface area (Å²) >= 11 is 5.99. The number of nitrogens with zero attached hydrogens (tertiary/aromatic N) is 1. The second-order valence-corrected chi connectivity index (χ2v) is 7.55. The first-order valence-corrected chi connectivity index (χ1v) is 9.50. The van der Waals surface area contributed by atoms with Crippen LogP contribution in [-0.2, 0) is 6.42 Å². The van der Waals surface area contributed by atoms with Crippen molar-refractivity contribution in [2.24, 2.45) is 0 Å². The predicted molar refractivity (Wildman–Crippen MR) is 109 cm³/mol. The number of hydrogen-bond acceptors (Lipinski definition) is 3. The van der Waals surface area contributed by atoms with Crippen LogP contribution in [0.5, 0.6) is 0 Å². The summed E-state index contributed by atoms with van der Waals surface area (Å²) in [7, 11) is 0. The molecule has 0 fully saturated rings. The lowest BCUT2D eigenvalue weighted by molar-refractivity contribution is 0.431. The maximum Gasteiger partial charge on any atom is 0.287 e. The van der Waals surface area contributed by atoms with Gasteiger partial charge in [0.1, 0.15) is 10.9 Å². The number of pyridine rings is 1. The van der Waals surface area contributed by atoms with E-state index >= 15 is 0 Å². The van der Waals surface area contributed by atoms with Crippen molar-refractivity contribution in [3.8, 4) is 0 Å². The predicted octanol–water partition coefficient (Wildman–Crippen LogP) is 3.11. The lowest BCUT2D eigenvalue weighted by atomic mass is 9.88. The molecule has 0 bridgehead atoms. The van der Waals surface area contributed by atoms with Gasteiger partial charge >= 0.3 is 0 Å². The second kappa shape index (κ2) is 6.21. The van der Waals surface area contributed by atoms with Crippen LogP contribution in [0.25, 0.3) is 21.8 Å². The van der Waals surface area contributed by atoms with Gasteiger partial charge in [0.25, 0.3) is 11.1 Å². The van der Waals surface area contributed by atoms with Gasteiger partial charge in [-0.3, -0.25) is 19.5 Å². The van der Waals surface area contributed by atoms with Crippen molar-refractivity contribution in [1.82, 2.24) is 14.8 Å². The van der Waals surface area contributed by atoms with Crippen molar-refractivity contribution in [2.45, 2.75) is 25.3 Å². The van der Waals surface area contributed by atoms with Gasteiger partial charge in [-0.1, -0.05) is 35.9 Å². The van der Waals surface area contributed by atoms with E-state index in [0.29, 0.717) is 15.9 Å². The van der Waals surface area contributed by atoms with Gasteiger partial charge in [-0.25, -0.2) is 4.68 Å². The molecule has 0 amide bonds. The maximum absolute atomic E-state index is 13.3. The van der Waals surface area contributed by atoms with Gasteiger partial charge < -0.3 is 4.98 Å². The second-order valence-electron chi connectivity index (χ2n) is 7.12. The van der Waals surface area contributed by atoms with Gasteiger partial charge in [-0.2, -0.15) is 0 Å². The number of halogens is 1. The zero-order valence-electron chi connectivity index (χ0n) is 14.8. The molecule has 1 aliphatic rings. The number of benzene rings is 2. The molecule has 2 aromatic carbocycles. The Morgan fingerprint density at radius 3 is 2.75 bits per heavy atom. The summed E-state index contributed by atoms with van der Waals surface area (Å²) in [4.78, 5) is 42.0. The highest BCUT2D eigenvalue weighted by molar-refractivity contribution is 6.31. The molecule has 0 saturated heterocycles. The molecule has 2 aromatic heterocycles. The van der Waals surface area contributed by atoms with E-state index in [-0.39, 0.29) is 16.9 Å². The van der Waals surface area contributed by atoms with Crippen LogP contribution >= 0.6 is 11.6 Å². The minimum Gasteiger partial charge on any atom is -0.350 e. The first-order valence-electron chi connectivity index (χ1n) is 9.12. The zero-order valence-corrected chi connectivity index (χ0v) is 15.5. The van der Waals surface area contributed by atoms with Crippen molar-refractivity contribution < 1.29 is 0 Å². The number of aryl methyl sites for hydroxylation is 1. The van der Waals surface area contributed by atoms with Gasteiger partial charge in [0.05, 0.1) is 11.6 Å². The Kier molecular flexibility index (Phi) is 3.77. The van der Waals surface area contributed by atoms with E-state index in [9.17, 15) is 14.4 Å². The monoisotopic (exact) mass is 393 g/mol. The summed E-state index contributed by atoms with van der Waals surface area (Å²) in [6.07, 6.45) is 2.56. The lowest BCUT2D eigenvalue weighted by Crippen LogP contribution is -2.37. The van der Waals surface area contributed by atoms with Crippen LogP contribution in [0.1, 0.15) is 30.0 Å². The van der Waals surface area contributed by atoms with E-state index in [1.807, 2.05) is 24.3 Å². The Labute approximate surface area is 163 Å². The van der Waals surface area contributed by atoms with Crippen molar-refractivity contribution >= 4 is 33.4 Å². The summed E-state index contributed by atoms with van der Waals surface area (Å²) in [5.74, 6) is 0. The van der Waals surface area contributed by atoms with Gasteiger partial charge in [0.2, 0.25) is 5.43 Å². The van der Waals surface area contributed by atoms with Crippen molar-refractivity contribution in [3.05, 3.63) is 89.5 Å². The fourth-order valence-corrected chi connectivity index (χ4v) is 4.36. The zero-order chi connectivity index (χ0) is 19.4. The minimum atomic E-state index is -0.503. The molecular weight excluding hydrogens is 378 g/mol. The van der Waals surface area contributed by atoms with Gasteiger partial charge in [0.15, 0.2) is 0 Å². The molecule has 6 nitrogen and oxygen atoms in total. The number of rotatable bonds is 1. The molecule has 2 heterocycles. The Morgan fingerprint density at radius 1 is 1.07 bits per heavy atom. The number of fused-ring (bicyclic) bond motifs is 3. The molecule has 1 aliphatic carbocycles. The standard InChI is InChI=1S/C21H16ClN3O3/c22-12-8-9-14-15(10-12)23-18-17(19(14)26)21(28)25(24-20(18)27)16-7-3-5-11-4-1-2-6-13(11)16/h1-2,4,6,8-10,16H,3,5,7H2,(H,23,26)(H,24,27). The number of aromatic nitrogens is 3. The number of H-pyrrole nitrogens is 2. The van der Waals surface area contributed by atoms with Crippen LogP contribution < -0.4 is 16.5 Å². The fourth-order valence-electron chi connectivity index (χ4n) is 4.19. The Bertz CT molecular complexity index is 1430. The van der Waals surface area contributed by atoms with Crippen LogP contribution in [0.3, 0.4) is 0 Å². The molecule has 2 N–H and O–H groups in total. The van der Waals surface area contributed by atoms with Crippen LogP contribution in [0.4, 0.5) is 0 Å². The summed E-state index contributed by atoms with van der Waals surface area (Å²) in [6, 6.07) is 12.3. The van der Waals surface area contributed by atoms with Crippen molar-refractivity contribution in [2.75, 3.05) is 0 Å². The number of aromatic amines is 2. The molecule has 0 saturated carbocycles. The quantitative estimate of drug-likeness (QED) is 0.487. The van der Waals surface area contributed by atoms with Crippen molar-refractivity contribution in [3.63, 3.8) is 0 Å². The Hall–Kier alpha value is -3.12. The van der Waals surface area contributed by atoms with E-state index in [1.165, 1.54) is 4.68 Å². The van der Waals surface area contributed by atoms with Crippen molar-refractivity contribution in [1.29, 1.82) is 0 Å². The molecule has 140 valence electrons. The highest BCUT2D eigenvalue weighted by Gasteiger charge is 2.25. The van der Waals surface area contributed by atoms with Crippen LogP contribution in [0, 0.1) is 0 Å². The lowest BCUT2D eigenvalue weighted by Gasteiger charge is -2.26. The minimum absolute atomic E-state index is 0.0230. The number of nitrogens with one attached hydrogen (secondary N) is 2. The molecule has 7 heteroatoms. The third-order valence-corrected chi connectivity index (χ3v) is 5.73. The summed E-state index contributed by atoms with van der Waals surface area (Å²) in [5, 5.41) is 3.32.